The normalized spacial score (nSPS) is 11.1. The molecule has 2 aromatic carbocycles. The van der Waals surface area contributed by atoms with Crippen molar-refractivity contribution in [1.29, 1.82) is 0 Å². The van der Waals surface area contributed by atoms with Crippen LogP contribution in [0.25, 0.3) is 11.3 Å². The van der Waals surface area contributed by atoms with Gasteiger partial charge in [-0.05, 0) is 55.9 Å². The van der Waals surface area contributed by atoms with Gasteiger partial charge >= 0.3 is 0 Å². The van der Waals surface area contributed by atoms with Crippen LogP contribution in [0.4, 0.5) is 5.69 Å². The topological polar surface area (TPSA) is 28.2 Å². The van der Waals surface area contributed by atoms with Crippen LogP contribution in [0.3, 0.4) is 0 Å². The molecule has 0 saturated heterocycles. The molecule has 0 saturated carbocycles. The van der Waals surface area contributed by atoms with Crippen molar-refractivity contribution >= 4 is 41.0 Å². The first-order chi connectivity index (χ1) is 14.5. The Kier molecular flexibility index (Phi) is 10.3. The van der Waals surface area contributed by atoms with E-state index in [4.69, 9.17) is 11.6 Å². The van der Waals surface area contributed by atoms with Gasteiger partial charge in [0.2, 0.25) is 0 Å². The molecule has 3 rings (SSSR count). The van der Waals surface area contributed by atoms with E-state index >= 15 is 0 Å². The number of alkyl halides is 1. The van der Waals surface area contributed by atoms with Crippen molar-refractivity contribution in [3.05, 3.63) is 70.0 Å². The number of nitrogens with one attached hydrogen (secondary N) is 1. The Morgan fingerprint density at radius 2 is 1.65 bits per heavy atom. The van der Waals surface area contributed by atoms with Crippen molar-refractivity contribution in [2.75, 3.05) is 5.01 Å². The standard InChI is InChI=1S/C25H32ClN3S.ClH/c1-5-20(6-2)21-11-13-23(14-12-21)29(18(3)4)27-16-19-7-9-22(10-8-19)24-17-30-25(15-26)28-24;/h7-14,17-18,20,27H,5-6,15-16H2,1-4H3;1H. The Balaban J connectivity index is 0.00000341. The summed E-state index contributed by atoms with van der Waals surface area (Å²) in [6, 6.07) is 18.0. The summed E-state index contributed by atoms with van der Waals surface area (Å²) in [5.74, 6) is 1.12. The van der Waals surface area contributed by atoms with Crippen molar-refractivity contribution in [3.63, 3.8) is 0 Å². The maximum atomic E-state index is 5.87. The molecule has 0 radical (unpaired) electrons. The van der Waals surface area contributed by atoms with Crippen LogP contribution in [0.2, 0.25) is 0 Å². The smallest absolute Gasteiger partial charge is 0.108 e. The molecule has 0 spiro atoms. The summed E-state index contributed by atoms with van der Waals surface area (Å²) >= 11 is 7.48. The summed E-state index contributed by atoms with van der Waals surface area (Å²) in [5, 5.41) is 5.27. The molecular weight excluding hydrogens is 445 g/mol. The Hall–Kier alpha value is -1.59. The zero-order valence-electron chi connectivity index (χ0n) is 18.8. The van der Waals surface area contributed by atoms with E-state index in [0.29, 0.717) is 17.8 Å². The third-order valence-corrected chi connectivity index (χ3v) is 6.77. The van der Waals surface area contributed by atoms with E-state index < -0.39 is 0 Å². The van der Waals surface area contributed by atoms with Crippen LogP contribution in [0.5, 0.6) is 0 Å². The molecule has 0 unspecified atom stereocenters. The van der Waals surface area contributed by atoms with Gasteiger partial charge in [-0.2, -0.15) is 0 Å². The number of anilines is 1. The first-order valence-electron chi connectivity index (χ1n) is 10.8. The number of rotatable bonds is 10. The van der Waals surface area contributed by atoms with Gasteiger partial charge in [0.05, 0.1) is 17.3 Å². The fraction of sp³-hybridized carbons (Fsp3) is 0.400. The van der Waals surface area contributed by atoms with Crippen molar-refractivity contribution in [2.24, 2.45) is 0 Å². The fourth-order valence-corrected chi connectivity index (χ4v) is 4.61. The monoisotopic (exact) mass is 477 g/mol. The third kappa shape index (κ3) is 6.69. The summed E-state index contributed by atoms with van der Waals surface area (Å²) in [6.07, 6.45) is 2.37. The Bertz CT molecular complexity index is 903. The predicted octanol–water partition coefficient (Wildman–Crippen LogP) is 7.79. The van der Waals surface area contributed by atoms with Gasteiger partial charge in [-0.25, -0.2) is 10.4 Å². The number of benzene rings is 2. The van der Waals surface area contributed by atoms with E-state index in [2.05, 4.69) is 97.0 Å². The summed E-state index contributed by atoms with van der Waals surface area (Å²) in [5.41, 5.74) is 9.60. The van der Waals surface area contributed by atoms with E-state index in [1.807, 2.05) is 0 Å². The van der Waals surface area contributed by atoms with E-state index in [1.165, 1.54) is 29.7 Å². The van der Waals surface area contributed by atoms with Gasteiger partial charge in [0, 0.05) is 23.5 Å². The maximum absolute atomic E-state index is 5.87. The van der Waals surface area contributed by atoms with Crippen LogP contribution in [-0.2, 0) is 12.4 Å². The largest absolute Gasteiger partial charge is 0.306 e. The molecule has 0 atom stereocenters. The molecule has 0 aliphatic rings. The maximum Gasteiger partial charge on any atom is 0.108 e. The first-order valence-corrected chi connectivity index (χ1v) is 12.2. The molecule has 0 aliphatic heterocycles. The van der Waals surface area contributed by atoms with E-state index in [9.17, 15) is 0 Å². The van der Waals surface area contributed by atoms with E-state index in [0.717, 1.165) is 22.8 Å². The molecule has 168 valence electrons. The first kappa shape index (κ1) is 25.7. The van der Waals surface area contributed by atoms with Crippen molar-refractivity contribution in [1.82, 2.24) is 10.4 Å². The fourth-order valence-electron chi connectivity index (χ4n) is 3.71. The van der Waals surface area contributed by atoms with Gasteiger partial charge in [0.1, 0.15) is 5.01 Å². The number of nitrogens with zero attached hydrogens (tertiary/aromatic N) is 2. The SMILES string of the molecule is CCC(CC)c1ccc(N(NCc2ccc(-c3csc(CCl)n3)cc2)C(C)C)cc1.Cl. The second-order valence-electron chi connectivity index (χ2n) is 7.86. The molecule has 1 heterocycles. The minimum Gasteiger partial charge on any atom is -0.306 e. The molecule has 0 bridgehead atoms. The van der Waals surface area contributed by atoms with Gasteiger partial charge in [-0.3, -0.25) is 0 Å². The van der Waals surface area contributed by atoms with Crippen LogP contribution in [0.1, 0.15) is 62.6 Å². The lowest BCUT2D eigenvalue weighted by molar-refractivity contribution is 0.560. The number of hydrogen-bond acceptors (Lipinski definition) is 4. The number of aromatic nitrogens is 1. The second kappa shape index (κ2) is 12.4. The van der Waals surface area contributed by atoms with Crippen LogP contribution in [0.15, 0.2) is 53.9 Å². The third-order valence-electron chi connectivity index (χ3n) is 5.51. The Morgan fingerprint density at radius 1 is 1.00 bits per heavy atom. The zero-order chi connectivity index (χ0) is 21.5. The van der Waals surface area contributed by atoms with Crippen LogP contribution in [-0.4, -0.2) is 11.0 Å². The lowest BCUT2D eigenvalue weighted by Gasteiger charge is -2.30. The van der Waals surface area contributed by atoms with Gasteiger partial charge in [0.25, 0.3) is 0 Å². The van der Waals surface area contributed by atoms with Crippen molar-refractivity contribution < 1.29 is 0 Å². The van der Waals surface area contributed by atoms with Crippen molar-refractivity contribution in [2.45, 2.75) is 64.9 Å². The minimum absolute atomic E-state index is 0. The summed E-state index contributed by atoms with van der Waals surface area (Å²) in [6.45, 7) is 9.72. The highest BCUT2D eigenvalue weighted by atomic mass is 35.5. The molecule has 0 amide bonds. The highest BCUT2D eigenvalue weighted by molar-refractivity contribution is 7.10. The average Bonchev–Trinajstić information content (AvgIpc) is 3.25. The quantitative estimate of drug-likeness (QED) is 0.238. The van der Waals surface area contributed by atoms with Gasteiger partial charge in [-0.15, -0.1) is 35.3 Å². The molecule has 3 nitrogen and oxygen atoms in total. The summed E-state index contributed by atoms with van der Waals surface area (Å²) in [7, 11) is 0. The Labute approximate surface area is 202 Å². The van der Waals surface area contributed by atoms with Crippen molar-refractivity contribution in [3.8, 4) is 11.3 Å². The van der Waals surface area contributed by atoms with Gasteiger partial charge in [0.15, 0.2) is 0 Å². The van der Waals surface area contributed by atoms with Crippen LogP contribution >= 0.6 is 35.3 Å². The van der Waals surface area contributed by atoms with Crippen LogP contribution in [0, 0.1) is 0 Å². The molecule has 6 heteroatoms. The molecule has 0 aliphatic carbocycles. The minimum atomic E-state index is 0. The summed E-state index contributed by atoms with van der Waals surface area (Å²) in [4.78, 5) is 4.56. The highest BCUT2D eigenvalue weighted by Crippen LogP contribution is 2.26. The highest BCUT2D eigenvalue weighted by Gasteiger charge is 2.12. The second-order valence-corrected chi connectivity index (χ2v) is 9.07. The lowest BCUT2D eigenvalue weighted by atomic mass is 9.94. The predicted molar refractivity (Wildman–Crippen MR) is 139 cm³/mol. The average molecular weight is 479 g/mol. The zero-order valence-corrected chi connectivity index (χ0v) is 21.2. The number of hydrazine groups is 1. The Morgan fingerprint density at radius 3 is 2.16 bits per heavy atom. The number of thiazole rings is 1. The molecular formula is C25H33Cl2N3S. The van der Waals surface area contributed by atoms with E-state index in [-0.39, 0.29) is 12.4 Å². The number of hydrogen-bond donors (Lipinski definition) is 1. The molecule has 1 N–H and O–H groups in total. The van der Waals surface area contributed by atoms with Gasteiger partial charge in [-0.1, -0.05) is 50.2 Å². The molecule has 3 aromatic rings. The number of halogens is 2. The molecule has 31 heavy (non-hydrogen) atoms. The van der Waals surface area contributed by atoms with Gasteiger partial charge < -0.3 is 5.01 Å². The molecule has 0 fully saturated rings. The summed E-state index contributed by atoms with van der Waals surface area (Å²) < 4.78 is 0. The van der Waals surface area contributed by atoms with E-state index in [1.54, 1.807) is 11.3 Å². The lowest BCUT2D eigenvalue weighted by Crippen LogP contribution is -2.42. The van der Waals surface area contributed by atoms with Crippen LogP contribution < -0.4 is 10.4 Å². The molecule has 1 aromatic heterocycles.